The predicted octanol–water partition coefficient (Wildman–Crippen LogP) is 5.66. The second-order valence-corrected chi connectivity index (χ2v) is 14.8. The summed E-state index contributed by atoms with van der Waals surface area (Å²) in [7, 11) is -0.951. The van der Waals surface area contributed by atoms with E-state index in [2.05, 4.69) is 71.3 Å². The van der Waals surface area contributed by atoms with Gasteiger partial charge in [0.05, 0.1) is 0 Å². The van der Waals surface area contributed by atoms with E-state index in [0.29, 0.717) is 6.42 Å². The lowest BCUT2D eigenvalue weighted by Crippen LogP contribution is -2.29. The van der Waals surface area contributed by atoms with Crippen LogP contribution in [0, 0.1) is 11.8 Å². The molecule has 2 aliphatic rings. The minimum absolute atomic E-state index is 0.157. The molecule has 37 heavy (non-hydrogen) atoms. The molecule has 3 aromatic rings. The number of aromatic hydroxyl groups is 1. The quantitative estimate of drug-likeness (QED) is 0.322. The number of phenolic OH excluding ortho intramolecular Hbond substituents is 1. The van der Waals surface area contributed by atoms with Gasteiger partial charge in [-0.25, -0.2) is 10.0 Å². The normalized spacial score (nSPS) is 21.1. The first-order valence-electron chi connectivity index (χ1n) is 13.4. The van der Waals surface area contributed by atoms with Crippen molar-refractivity contribution in [2.45, 2.75) is 17.7 Å². The summed E-state index contributed by atoms with van der Waals surface area (Å²) in [5.41, 5.74) is 5.80. The lowest BCUT2D eigenvalue weighted by atomic mass is 9.87. The highest BCUT2D eigenvalue weighted by molar-refractivity contribution is 8.32. The average molecular weight is 517 g/mol. The van der Waals surface area contributed by atoms with Crippen molar-refractivity contribution < 1.29 is 10.2 Å². The smallest absolute Gasteiger partial charge is 0.115 e. The third kappa shape index (κ3) is 5.96. The maximum atomic E-state index is 9.95. The van der Waals surface area contributed by atoms with E-state index in [9.17, 15) is 10.2 Å². The average Bonchev–Trinajstić information content (AvgIpc) is 3.50. The van der Waals surface area contributed by atoms with Gasteiger partial charge in [0.15, 0.2) is 0 Å². The van der Waals surface area contributed by atoms with Crippen molar-refractivity contribution in [1.29, 1.82) is 0 Å². The monoisotopic (exact) mass is 516 g/mol. The fraction of sp³-hybridized carbons (Fsp3) is 0.375. The zero-order chi connectivity index (χ0) is 25.8. The van der Waals surface area contributed by atoms with E-state index in [4.69, 9.17) is 0 Å². The van der Waals surface area contributed by atoms with Gasteiger partial charge in [-0.05, 0) is 107 Å². The van der Waals surface area contributed by atoms with Crippen molar-refractivity contribution in [3.8, 4) is 5.75 Å². The molecule has 4 nitrogen and oxygen atoms in total. The van der Waals surface area contributed by atoms with Gasteiger partial charge in [0, 0.05) is 25.6 Å². The van der Waals surface area contributed by atoms with Crippen LogP contribution in [0.25, 0.3) is 11.1 Å². The van der Waals surface area contributed by atoms with Crippen molar-refractivity contribution in [3.63, 3.8) is 0 Å². The van der Waals surface area contributed by atoms with Crippen LogP contribution in [-0.2, 0) is 0 Å². The molecule has 5 rings (SSSR count). The SMILES string of the molecule is CS(C)(CN1C[C@H]2CNC[C@H]2C1)c1ccc(/C(=C(/CCCO)c2ccccc2)c2ccc(O)cc2)cc1. The number of benzene rings is 3. The molecular formula is C32H40N2O2S. The summed E-state index contributed by atoms with van der Waals surface area (Å²) < 4.78 is 0. The van der Waals surface area contributed by atoms with Crippen LogP contribution in [0.1, 0.15) is 29.5 Å². The molecule has 0 unspecified atom stereocenters. The second kappa shape index (κ2) is 11.4. The molecule has 2 saturated heterocycles. The molecule has 0 radical (unpaired) electrons. The molecule has 0 bridgehead atoms. The number of nitrogens with zero attached hydrogens (tertiary/aromatic N) is 1. The van der Waals surface area contributed by atoms with Gasteiger partial charge in [-0.1, -0.05) is 54.6 Å². The van der Waals surface area contributed by atoms with Gasteiger partial charge >= 0.3 is 0 Å². The predicted molar refractivity (Wildman–Crippen MR) is 157 cm³/mol. The summed E-state index contributed by atoms with van der Waals surface area (Å²) in [6.07, 6.45) is 6.37. The Hall–Kier alpha value is -2.57. The van der Waals surface area contributed by atoms with Crippen LogP contribution < -0.4 is 5.32 Å². The number of aliphatic hydroxyl groups is 1. The maximum Gasteiger partial charge on any atom is 0.115 e. The van der Waals surface area contributed by atoms with E-state index in [1.165, 1.54) is 53.3 Å². The molecule has 196 valence electrons. The van der Waals surface area contributed by atoms with Crippen molar-refractivity contribution in [2.75, 3.05) is 51.2 Å². The third-order valence-corrected chi connectivity index (χ3v) is 10.5. The van der Waals surface area contributed by atoms with Gasteiger partial charge in [0.25, 0.3) is 0 Å². The molecule has 0 aliphatic carbocycles. The highest BCUT2D eigenvalue weighted by atomic mass is 32.3. The molecule has 0 spiro atoms. The van der Waals surface area contributed by atoms with Gasteiger partial charge in [-0.3, -0.25) is 4.90 Å². The van der Waals surface area contributed by atoms with Crippen molar-refractivity contribution in [2.24, 2.45) is 11.8 Å². The van der Waals surface area contributed by atoms with Crippen LogP contribution in [-0.4, -0.2) is 66.3 Å². The maximum absolute atomic E-state index is 9.95. The summed E-state index contributed by atoms with van der Waals surface area (Å²) in [5.74, 6) is 3.07. The van der Waals surface area contributed by atoms with Gasteiger partial charge in [-0.2, -0.15) is 0 Å². The summed E-state index contributed by atoms with van der Waals surface area (Å²) in [6, 6.07) is 27.2. The third-order valence-electron chi connectivity index (χ3n) is 7.92. The van der Waals surface area contributed by atoms with E-state index >= 15 is 0 Å². The number of fused-ring (bicyclic) bond motifs is 1. The van der Waals surface area contributed by atoms with E-state index in [0.717, 1.165) is 29.7 Å². The molecule has 5 heteroatoms. The summed E-state index contributed by atoms with van der Waals surface area (Å²) in [4.78, 5) is 4.14. The van der Waals surface area contributed by atoms with Gasteiger partial charge in [0.1, 0.15) is 5.75 Å². The summed E-state index contributed by atoms with van der Waals surface area (Å²) in [5, 5.41) is 23.2. The molecule has 0 amide bonds. The summed E-state index contributed by atoms with van der Waals surface area (Å²) in [6.45, 7) is 4.97. The zero-order valence-electron chi connectivity index (χ0n) is 22.1. The highest BCUT2D eigenvalue weighted by Gasteiger charge is 2.37. The number of rotatable bonds is 9. The molecule has 3 N–H and O–H groups in total. The number of allylic oxidation sites excluding steroid dienone is 1. The van der Waals surface area contributed by atoms with Crippen molar-refractivity contribution in [3.05, 3.63) is 95.6 Å². The van der Waals surface area contributed by atoms with E-state index in [1.54, 1.807) is 12.1 Å². The molecule has 0 saturated carbocycles. The number of nitrogens with one attached hydrogen (secondary N) is 1. The minimum atomic E-state index is -0.951. The first kappa shape index (κ1) is 26.1. The standard InChI is InChI=1S/C32H40N2O2S/c1-37(2,23-34-21-27-19-33-20-28(27)22-34)30-16-12-26(13-17-30)32(25-10-14-29(36)15-11-25)31(9-6-18-35)24-7-4-3-5-8-24/h3-5,7-8,10-17,27-28,33,35-36H,6,9,18-23H2,1-2H3/b32-31-/t27-,28+. The molecule has 2 atom stereocenters. The number of likely N-dealkylation sites (tertiary alicyclic amines) is 1. The molecule has 2 aliphatic heterocycles. The van der Waals surface area contributed by atoms with Crippen LogP contribution in [0.4, 0.5) is 0 Å². The Morgan fingerprint density at radius 2 is 1.43 bits per heavy atom. The Balaban J connectivity index is 1.48. The molecule has 2 fully saturated rings. The van der Waals surface area contributed by atoms with Gasteiger partial charge in [0.2, 0.25) is 0 Å². The van der Waals surface area contributed by atoms with Crippen LogP contribution in [0.3, 0.4) is 0 Å². The fourth-order valence-electron chi connectivity index (χ4n) is 6.03. The van der Waals surface area contributed by atoms with Gasteiger partial charge < -0.3 is 15.5 Å². The lowest BCUT2D eigenvalue weighted by molar-refractivity contribution is 0.290. The minimum Gasteiger partial charge on any atom is -0.508 e. The Morgan fingerprint density at radius 3 is 2.03 bits per heavy atom. The number of hydrogen-bond acceptors (Lipinski definition) is 4. The van der Waals surface area contributed by atoms with Crippen LogP contribution in [0.5, 0.6) is 5.75 Å². The van der Waals surface area contributed by atoms with Crippen LogP contribution >= 0.6 is 10.0 Å². The topological polar surface area (TPSA) is 55.7 Å². The van der Waals surface area contributed by atoms with E-state index in [1.807, 2.05) is 18.2 Å². The number of aliphatic hydroxyl groups excluding tert-OH is 1. The molecule has 0 aromatic heterocycles. The number of phenols is 1. The van der Waals surface area contributed by atoms with Crippen molar-refractivity contribution >= 4 is 21.2 Å². The van der Waals surface area contributed by atoms with Gasteiger partial charge in [-0.15, -0.1) is 0 Å². The Labute approximate surface area is 223 Å². The Morgan fingerprint density at radius 1 is 0.838 bits per heavy atom. The number of hydrogen-bond donors (Lipinski definition) is 3. The fourth-order valence-corrected chi connectivity index (χ4v) is 8.18. The molecule has 2 heterocycles. The Kier molecular flexibility index (Phi) is 8.06. The first-order valence-corrected chi connectivity index (χ1v) is 16.0. The molecule has 3 aromatic carbocycles. The van der Waals surface area contributed by atoms with Crippen molar-refractivity contribution in [1.82, 2.24) is 10.2 Å². The first-order chi connectivity index (χ1) is 17.9. The highest BCUT2D eigenvalue weighted by Crippen LogP contribution is 2.51. The van der Waals surface area contributed by atoms with E-state index < -0.39 is 10.0 Å². The summed E-state index contributed by atoms with van der Waals surface area (Å²) >= 11 is 0. The zero-order valence-corrected chi connectivity index (χ0v) is 22.9. The van der Waals surface area contributed by atoms with Crippen LogP contribution in [0.2, 0.25) is 0 Å². The second-order valence-electron chi connectivity index (χ2n) is 11.0. The van der Waals surface area contributed by atoms with E-state index in [-0.39, 0.29) is 12.4 Å². The lowest BCUT2D eigenvalue weighted by Gasteiger charge is -2.36. The molecular weight excluding hydrogens is 476 g/mol. The largest absolute Gasteiger partial charge is 0.508 e. The van der Waals surface area contributed by atoms with Crippen LogP contribution in [0.15, 0.2) is 83.8 Å². The Bertz CT molecular complexity index is 1190.